The second-order valence-corrected chi connectivity index (χ2v) is 9.65. The number of anilines is 2. The van der Waals surface area contributed by atoms with E-state index in [9.17, 15) is 19.2 Å². The Bertz CT molecular complexity index is 1400. The Morgan fingerprint density at radius 2 is 1.26 bits per heavy atom. The zero-order chi connectivity index (χ0) is 31.0. The summed E-state index contributed by atoms with van der Waals surface area (Å²) in [4.78, 5) is 48.5. The van der Waals surface area contributed by atoms with Gasteiger partial charge in [-0.25, -0.2) is 14.4 Å². The number of rotatable bonds is 15. The summed E-state index contributed by atoms with van der Waals surface area (Å²) in [5.74, 6) is -1.29. The van der Waals surface area contributed by atoms with Gasteiger partial charge < -0.3 is 30.4 Å². The van der Waals surface area contributed by atoms with Gasteiger partial charge in [-0.3, -0.25) is 4.79 Å². The van der Waals surface area contributed by atoms with Gasteiger partial charge in [0.15, 0.2) is 0 Å². The van der Waals surface area contributed by atoms with E-state index in [-0.39, 0.29) is 24.7 Å². The first-order valence-electron chi connectivity index (χ1n) is 14.0. The third-order valence-corrected chi connectivity index (χ3v) is 6.03. The van der Waals surface area contributed by atoms with Crippen LogP contribution in [0.1, 0.15) is 71.7 Å². The van der Waals surface area contributed by atoms with E-state index in [1.54, 1.807) is 54.6 Å². The maximum Gasteiger partial charge on any atom is 0.338 e. The van der Waals surface area contributed by atoms with E-state index in [4.69, 9.17) is 30.4 Å². The van der Waals surface area contributed by atoms with Gasteiger partial charge in [0.2, 0.25) is 0 Å². The van der Waals surface area contributed by atoms with Crippen LogP contribution in [0.15, 0.2) is 72.8 Å². The highest BCUT2D eigenvalue weighted by atomic mass is 16.6. The number of carbonyl (C=O) groups is 4. The summed E-state index contributed by atoms with van der Waals surface area (Å²) in [7, 11) is 0. The first kappa shape index (κ1) is 32.4. The number of esters is 4. The van der Waals surface area contributed by atoms with Crippen molar-refractivity contribution >= 4 is 41.3 Å². The quantitative estimate of drug-likeness (QED) is 0.0736. The molecule has 0 atom stereocenters. The van der Waals surface area contributed by atoms with Gasteiger partial charge >= 0.3 is 23.9 Å². The van der Waals surface area contributed by atoms with Crippen molar-refractivity contribution in [1.29, 1.82) is 0 Å². The van der Waals surface area contributed by atoms with Crippen molar-refractivity contribution in [2.45, 2.75) is 45.4 Å². The molecule has 0 spiro atoms. The van der Waals surface area contributed by atoms with Gasteiger partial charge in [-0.05, 0) is 72.7 Å². The highest BCUT2D eigenvalue weighted by molar-refractivity contribution is 5.92. The molecule has 226 valence electrons. The Balaban J connectivity index is 1.36. The van der Waals surface area contributed by atoms with Crippen molar-refractivity contribution in [3.05, 3.63) is 89.5 Å². The maximum absolute atomic E-state index is 12.3. The molecule has 0 aliphatic heterocycles. The van der Waals surface area contributed by atoms with E-state index in [1.165, 1.54) is 24.3 Å². The topological polar surface area (TPSA) is 157 Å². The molecule has 0 aliphatic rings. The van der Waals surface area contributed by atoms with E-state index in [0.29, 0.717) is 46.8 Å². The van der Waals surface area contributed by atoms with Crippen LogP contribution >= 0.6 is 0 Å². The van der Waals surface area contributed by atoms with Crippen LogP contribution in [0, 0.1) is 0 Å². The molecule has 10 heteroatoms. The Hall–Kier alpha value is -5.12. The zero-order valence-electron chi connectivity index (χ0n) is 24.1. The van der Waals surface area contributed by atoms with Gasteiger partial charge in [0, 0.05) is 30.3 Å². The minimum Gasteiger partial charge on any atom is -0.462 e. The number of carbonyl (C=O) groups excluding carboxylic acids is 4. The standard InChI is InChI=1S/C33H36N2O8/c1-2-3-4-5-7-30(36)42-28-13-15-29(16-14-28)43-31(37)17-10-23-8-11-24(12-9-23)32(38)40-18-6-19-41-33(39)25-20-26(34)22-27(35)21-25/h8-17,20-22H,2-7,18-19,34-35H2,1H3/b17-10+. The Morgan fingerprint density at radius 3 is 1.86 bits per heavy atom. The van der Waals surface area contributed by atoms with Crippen LogP contribution in [0.3, 0.4) is 0 Å². The third kappa shape index (κ3) is 11.7. The van der Waals surface area contributed by atoms with Crippen molar-refractivity contribution in [3.63, 3.8) is 0 Å². The number of unbranched alkanes of at least 4 members (excludes halogenated alkanes) is 3. The second-order valence-electron chi connectivity index (χ2n) is 9.65. The summed E-state index contributed by atoms with van der Waals surface area (Å²) >= 11 is 0. The Kier molecular flexibility index (Phi) is 12.8. The summed E-state index contributed by atoms with van der Waals surface area (Å²) in [6, 6.07) is 17.2. The molecule has 10 nitrogen and oxygen atoms in total. The molecule has 0 aromatic heterocycles. The number of hydrogen-bond acceptors (Lipinski definition) is 10. The summed E-state index contributed by atoms with van der Waals surface area (Å²) in [6.07, 6.45) is 7.47. The largest absolute Gasteiger partial charge is 0.462 e. The monoisotopic (exact) mass is 588 g/mol. The fourth-order valence-electron chi connectivity index (χ4n) is 3.85. The number of nitrogen functional groups attached to an aromatic ring is 2. The number of nitrogens with two attached hydrogens (primary N) is 2. The normalized spacial score (nSPS) is 10.7. The first-order chi connectivity index (χ1) is 20.7. The minimum atomic E-state index is -0.593. The highest BCUT2D eigenvalue weighted by Gasteiger charge is 2.11. The Labute approximate surface area is 250 Å². The van der Waals surface area contributed by atoms with Gasteiger partial charge in [-0.1, -0.05) is 38.3 Å². The molecule has 0 saturated carbocycles. The lowest BCUT2D eigenvalue weighted by atomic mass is 10.1. The lowest BCUT2D eigenvalue weighted by Crippen LogP contribution is -2.11. The van der Waals surface area contributed by atoms with Crippen LogP contribution in [0.4, 0.5) is 11.4 Å². The van der Waals surface area contributed by atoms with Crippen LogP contribution in [-0.4, -0.2) is 37.1 Å². The van der Waals surface area contributed by atoms with E-state index in [1.807, 2.05) is 0 Å². The highest BCUT2D eigenvalue weighted by Crippen LogP contribution is 2.19. The van der Waals surface area contributed by atoms with Gasteiger partial charge in [0.05, 0.1) is 24.3 Å². The SMILES string of the molecule is CCCCCCC(=O)Oc1ccc(OC(=O)/C=C/c2ccc(C(=O)OCCCOC(=O)c3cc(N)cc(N)c3)cc2)cc1. The van der Waals surface area contributed by atoms with Crippen LogP contribution in [0.2, 0.25) is 0 Å². The van der Waals surface area contributed by atoms with Gasteiger partial charge in [-0.15, -0.1) is 0 Å². The molecule has 0 fully saturated rings. The number of benzene rings is 3. The molecule has 3 rings (SSSR count). The van der Waals surface area contributed by atoms with Crippen LogP contribution in [-0.2, 0) is 19.1 Å². The smallest absolute Gasteiger partial charge is 0.338 e. The Morgan fingerprint density at radius 1 is 0.674 bits per heavy atom. The van der Waals surface area contributed by atoms with Crippen molar-refractivity contribution in [2.75, 3.05) is 24.7 Å². The lowest BCUT2D eigenvalue weighted by Gasteiger charge is -2.08. The fraction of sp³-hybridized carbons (Fsp3) is 0.273. The van der Waals surface area contributed by atoms with E-state index in [2.05, 4.69) is 6.92 Å². The third-order valence-electron chi connectivity index (χ3n) is 6.03. The van der Waals surface area contributed by atoms with Crippen LogP contribution < -0.4 is 20.9 Å². The van der Waals surface area contributed by atoms with Gasteiger partial charge in [-0.2, -0.15) is 0 Å². The summed E-state index contributed by atoms with van der Waals surface area (Å²) in [6.45, 7) is 2.22. The lowest BCUT2D eigenvalue weighted by molar-refractivity contribution is -0.134. The molecule has 4 N–H and O–H groups in total. The summed E-state index contributed by atoms with van der Waals surface area (Å²) in [5.41, 5.74) is 13.3. The molecule has 0 heterocycles. The van der Waals surface area contributed by atoms with Gasteiger partial charge in [0.25, 0.3) is 0 Å². The van der Waals surface area contributed by atoms with Gasteiger partial charge in [0.1, 0.15) is 11.5 Å². The second kappa shape index (κ2) is 17.0. The van der Waals surface area contributed by atoms with E-state index < -0.39 is 17.9 Å². The van der Waals surface area contributed by atoms with E-state index >= 15 is 0 Å². The molecule has 0 aliphatic carbocycles. The van der Waals surface area contributed by atoms with Crippen molar-refractivity contribution < 1.29 is 38.1 Å². The summed E-state index contributed by atoms with van der Waals surface area (Å²) in [5, 5.41) is 0. The molecule has 0 amide bonds. The fourth-order valence-corrected chi connectivity index (χ4v) is 3.85. The zero-order valence-corrected chi connectivity index (χ0v) is 24.1. The minimum absolute atomic E-state index is 0.0530. The molecule has 0 bridgehead atoms. The number of hydrogen-bond donors (Lipinski definition) is 2. The van der Waals surface area contributed by atoms with Crippen molar-refractivity contribution in [2.24, 2.45) is 0 Å². The average molecular weight is 589 g/mol. The summed E-state index contributed by atoms with van der Waals surface area (Å²) < 4.78 is 21.0. The molecule has 43 heavy (non-hydrogen) atoms. The molecule has 0 saturated heterocycles. The van der Waals surface area contributed by atoms with Crippen LogP contribution in [0.25, 0.3) is 6.08 Å². The van der Waals surface area contributed by atoms with Crippen molar-refractivity contribution in [3.8, 4) is 11.5 Å². The first-order valence-corrected chi connectivity index (χ1v) is 14.0. The molecular formula is C33H36N2O8. The predicted octanol–water partition coefficient (Wildman–Crippen LogP) is 5.75. The van der Waals surface area contributed by atoms with Crippen LogP contribution in [0.5, 0.6) is 11.5 Å². The molecular weight excluding hydrogens is 552 g/mol. The molecule has 0 unspecified atom stereocenters. The molecule has 3 aromatic rings. The van der Waals surface area contributed by atoms with Crippen molar-refractivity contribution in [1.82, 2.24) is 0 Å². The molecule has 0 radical (unpaired) electrons. The average Bonchev–Trinajstić information content (AvgIpc) is 2.98. The number of ether oxygens (including phenoxy) is 4. The predicted molar refractivity (Wildman–Crippen MR) is 162 cm³/mol. The van der Waals surface area contributed by atoms with E-state index in [0.717, 1.165) is 25.7 Å². The maximum atomic E-state index is 12.3. The molecule has 3 aromatic carbocycles.